The van der Waals surface area contributed by atoms with Crippen LogP contribution in [0.15, 0.2) is 27.5 Å². The number of ether oxygens (including phenoxy) is 2. The van der Waals surface area contributed by atoms with E-state index >= 15 is 0 Å². The zero-order chi connectivity index (χ0) is 21.1. The van der Waals surface area contributed by atoms with Gasteiger partial charge in [-0.2, -0.15) is 0 Å². The van der Waals surface area contributed by atoms with Crippen LogP contribution < -0.4 is 0 Å². The monoisotopic (exact) mass is 418 g/mol. The number of hydrogen-bond acceptors (Lipinski definition) is 7. The molecule has 0 bridgehead atoms. The molecule has 29 heavy (non-hydrogen) atoms. The van der Waals surface area contributed by atoms with E-state index in [0.717, 1.165) is 33.6 Å². The number of nitrogens with zero attached hydrogens (tertiary/aromatic N) is 2. The van der Waals surface area contributed by atoms with Crippen molar-refractivity contribution in [2.75, 3.05) is 20.8 Å². The molecule has 3 heterocycles. The highest BCUT2D eigenvalue weighted by molar-refractivity contribution is 8.18. The summed E-state index contributed by atoms with van der Waals surface area (Å²) in [6.07, 6.45) is 1.73. The molecule has 0 aromatic carbocycles. The second kappa shape index (κ2) is 8.71. The van der Waals surface area contributed by atoms with E-state index in [0.29, 0.717) is 23.8 Å². The lowest BCUT2D eigenvalue weighted by molar-refractivity contribution is -0.123. The molecule has 8 nitrogen and oxygen atoms in total. The number of imide groups is 1. The minimum atomic E-state index is -0.617. The minimum Gasteiger partial charge on any atom is -0.463 e. The normalized spacial score (nSPS) is 15.6. The number of esters is 1. The molecule has 0 atom stereocenters. The van der Waals surface area contributed by atoms with E-state index in [4.69, 9.17) is 9.15 Å². The van der Waals surface area contributed by atoms with Crippen LogP contribution in [0.3, 0.4) is 0 Å². The van der Waals surface area contributed by atoms with Gasteiger partial charge in [-0.25, -0.2) is 4.79 Å². The number of thioether (sulfide) groups is 1. The minimum absolute atomic E-state index is 0.0218. The lowest BCUT2D eigenvalue weighted by Gasteiger charge is -2.10. The maximum atomic E-state index is 12.8. The standard InChI is InChI=1S/C20H22N2O6S/c1-12-9-14(13(2)21(12)7-8-26-3)10-17-18(23)22(20(25)29-17)11-15-5-6-16(28-15)19(24)27-4/h5-6,9-10H,7-8,11H2,1-4H3. The van der Waals surface area contributed by atoms with Gasteiger partial charge in [-0.05, 0) is 55.4 Å². The summed E-state index contributed by atoms with van der Waals surface area (Å²) in [7, 11) is 2.90. The van der Waals surface area contributed by atoms with Crippen molar-refractivity contribution in [3.63, 3.8) is 0 Å². The smallest absolute Gasteiger partial charge is 0.373 e. The Morgan fingerprint density at radius 3 is 2.69 bits per heavy atom. The SMILES string of the molecule is COCCn1c(C)cc(C=C2SC(=O)N(Cc3ccc(C(=O)OC)o3)C2=O)c1C. The van der Waals surface area contributed by atoms with Gasteiger partial charge in [0, 0.05) is 25.0 Å². The number of methoxy groups -OCH3 is 2. The van der Waals surface area contributed by atoms with Crippen molar-refractivity contribution in [2.24, 2.45) is 0 Å². The van der Waals surface area contributed by atoms with Crippen LogP contribution in [0, 0.1) is 13.8 Å². The van der Waals surface area contributed by atoms with Crippen LogP contribution in [0.5, 0.6) is 0 Å². The largest absolute Gasteiger partial charge is 0.463 e. The third-order valence-electron chi connectivity index (χ3n) is 4.65. The first-order chi connectivity index (χ1) is 13.8. The van der Waals surface area contributed by atoms with E-state index in [2.05, 4.69) is 9.30 Å². The number of furan rings is 1. The molecule has 2 aromatic rings. The van der Waals surface area contributed by atoms with Crippen LogP contribution in [-0.4, -0.2) is 47.4 Å². The maximum absolute atomic E-state index is 12.8. The van der Waals surface area contributed by atoms with Crippen molar-refractivity contribution in [1.29, 1.82) is 0 Å². The van der Waals surface area contributed by atoms with Gasteiger partial charge in [-0.15, -0.1) is 0 Å². The molecule has 1 fully saturated rings. The van der Waals surface area contributed by atoms with Gasteiger partial charge in [-0.3, -0.25) is 14.5 Å². The van der Waals surface area contributed by atoms with E-state index in [1.807, 2.05) is 19.9 Å². The first-order valence-electron chi connectivity index (χ1n) is 8.93. The summed E-state index contributed by atoms with van der Waals surface area (Å²) in [4.78, 5) is 38.0. The molecule has 1 aliphatic heterocycles. The molecule has 1 aliphatic rings. The Kier molecular flexibility index (Phi) is 6.29. The Bertz CT molecular complexity index is 987. The molecule has 0 N–H and O–H groups in total. The number of hydrogen-bond donors (Lipinski definition) is 0. The lowest BCUT2D eigenvalue weighted by Crippen LogP contribution is -2.27. The molecule has 0 aliphatic carbocycles. The molecule has 9 heteroatoms. The zero-order valence-corrected chi connectivity index (χ0v) is 17.5. The van der Waals surface area contributed by atoms with E-state index < -0.39 is 11.9 Å². The van der Waals surface area contributed by atoms with Crippen molar-refractivity contribution in [2.45, 2.75) is 26.9 Å². The number of carbonyl (C=O) groups excluding carboxylic acids is 3. The first kappa shape index (κ1) is 20.9. The first-order valence-corrected chi connectivity index (χ1v) is 9.75. The van der Waals surface area contributed by atoms with E-state index in [-0.39, 0.29) is 17.5 Å². The van der Waals surface area contributed by atoms with Gasteiger partial charge in [0.05, 0.1) is 25.2 Å². The maximum Gasteiger partial charge on any atom is 0.373 e. The Morgan fingerprint density at radius 1 is 1.24 bits per heavy atom. The highest BCUT2D eigenvalue weighted by Gasteiger charge is 2.36. The molecule has 1 saturated heterocycles. The molecule has 154 valence electrons. The van der Waals surface area contributed by atoms with Crippen LogP contribution in [0.1, 0.15) is 33.3 Å². The van der Waals surface area contributed by atoms with Gasteiger partial charge in [0.25, 0.3) is 11.1 Å². The molecule has 3 rings (SSSR count). The van der Waals surface area contributed by atoms with Crippen molar-refractivity contribution in [3.05, 3.63) is 51.6 Å². The summed E-state index contributed by atoms with van der Waals surface area (Å²) in [5.74, 6) is -0.660. The van der Waals surface area contributed by atoms with Gasteiger partial charge < -0.3 is 18.5 Å². The van der Waals surface area contributed by atoms with Crippen molar-refractivity contribution in [1.82, 2.24) is 9.47 Å². The fourth-order valence-corrected chi connectivity index (χ4v) is 3.94. The van der Waals surface area contributed by atoms with Gasteiger partial charge in [-0.1, -0.05) is 0 Å². The second-order valence-electron chi connectivity index (χ2n) is 6.50. The number of rotatable bonds is 7. The molecule has 0 radical (unpaired) electrons. The Morgan fingerprint density at radius 2 is 2.00 bits per heavy atom. The van der Waals surface area contributed by atoms with Gasteiger partial charge in [0.2, 0.25) is 5.76 Å². The molecule has 0 unspecified atom stereocenters. The predicted octanol–water partition coefficient (Wildman–Crippen LogP) is 3.37. The van der Waals surface area contributed by atoms with Crippen LogP contribution in [0.4, 0.5) is 4.79 Å². The highest BCUT2D eigenvalue weighted by atomic mass is 32.2. The summed E-state index contributed by atoms with van der Waals surface area (Å²) in [5.41, 5.74) is 2.94. The quantitative estimate of drug-likeness (QED) is 0.503. The van der Waals surface area contributed by atoms with E-state index in [1.165, 1.54) is 13.2 Å². The van der Waals surface area contributed by atoms with Crippen LogP contribution >= 0.6 is 11.8 Å². The van der Waals surface area contributed by atoms with Crippen LogP contribution in [0.25, 0.3) is 6.08 Å². The molecule has 2 amide bonds. The number of aryl methyl sites for hydroxylation is 1. The Labute approximate surface area is 172 Å². The van der Waals surface area contributed by atoms with E-state index in [1.54, 1.807) is 19.3 Å². The summed E-state index contributed by atoms with van der Waals surface area (Å²) >= 11 is 0.886. The molecular weight excluding hydrogens is 396 g/mol. The summed E-state index contributed by atoms with van der Waals surface area (Å²) in [6.45, 7) is 5.21. The van der Waals surface area contributed by atoms with Gasteiger partial charge in [0.15, 0.2) is 0 Å². The van der Waals surface area contributed by atoms with Crippen LogP contribution in [-0.2, 0) is 27.4 Å². The molecule has 0 saturated carbocycles. The van der Waals surface area contributed by atoms with E-state index in [9.17, 15) is 14.4 Å². The van der Waals surface area contributed by atoms with Crippen molar-refractivity contribution >= 4 is 35.0 Å². The fraction of sp³-hybridized carbons (Fsp3) is 0.350. The number of carbonyl (C=O) groups is 3. The Balaban J connectivity index is 1.78. The van der Waals surface area contributed by atoms with Crippen molar-refractivity contribution < 1.29 is 28.3 Å². The van der Waals surface area contributed by atoms with Gasteiger partial charge in [0.1, 0.15) is 5.76 Å². The third-order valence-corrected chi connectivity index (χ3v) is 5.56. The molecule has 2 aromatic heterocycles. The third kappa shape index (κ3) is 4.30. The summed E-state index contributed by atoms with van der Waals surface area (Å²) in [5, 5.41) is -0.384. The van der Waals surface area contributed by atoms with Crippen LogP contribution in [0.2, 0.25) is 0 Å². The second-order valence-corrected chi connectivity index (χ2v) is 7.49. The average molecular weight is 418 g/mol. The zero-order valence-electron chi connectivity index (χ0n) is 16.7. The van der Waals surface area contributed by atoms with Crippen molar-refractivity contribution in [3.8, 4) is 0 Å². The van der Waals surface area contributed by atoms with Gasteiger partial charge >= 0.3 is 5.97 Å². The highest BCUT2D eigenvalue weighted by Crippen LogP contribution is 2.34. The molecular formula is C20H22N2O6S. The summed E-state index contributed by atoms with van der Waals surface area (Å²) in [6, 6.07) is 4.97. The Hall–Kier alpha value is -2.78. The molecule has 0 spiro atoms. The average Bonchev–Trinajstić information content (AvgIpc) is 3.34. The lowest BCUT2D eigenvalue weighted by atomic mass is 10.2. The number of amides is 2. The summed E-state index contributed by atoms with van der Waals surface area (Å²) < 4.78 is 17.2. The fourth-order valence-electron chi connectivity index (χ4n) is 3.11. The number of aromatic nitrogens is 1. The predicted molar refractivity (Wildman–Crippen MR) is 107 cm³/mol. The topological polar surface area (TPSA) is 91.0 Å².